The van der Waals surface area contributed by atoms with E-state index in [0.29, 0.717) is 5.82 Å². The summed E-state index contributed by atoms with van der Waals surface area (Å²) in [5.41, 5.74) is 15.2. The molecule has 1 aromatic heterocycles. The third-order valence-corrected chi connectivity index (χ3v) is 11.1. The van der Waals surface area contributed by atoms with Gasteiger partial charge in [0.15, 0.2) is 5.82 Å². The Bertz CT molecular complexity index is 2850. The van der Waals surface area contributed by atoms with Crippen molar-refractivity contribution >= 4 is 21.5 Å². The summed E-state index contributed by atoms with van der Waals surface area (Å²) in [4.78, 5) is 10.6. The van der Waals surface area contributed by atoms with Crippen LogP contribution in [-0.4, -0.2) is 9.97 Å². The van der Waals surface area contributed by atoms with Gasteiger partial charge in [-0.3, -0.25) is 0 Å². The van der Waals surface area contributed by atoms with E-state index in [1.54, 1.807) is 0 Å². The summed E-state index contributed by atoms with van der Waals surface area (Å²) in [5, 5.41) is 4.75. The van der Waals surface area contributed by atoms with Crippen molar-refractivity contribution in [2.45, 2.75) is 19.3 Å². The van der Waals surface area contributed by atoms with E-state index < -0.39 is 0 Å². The fraction of sp³-hybridized carbons (Fsp3) is 0.0588. The van der Waals surface area contributed by atoms with Gasteiger partial charge < -0.3 is 0 Å². The molecular formula is C51H36N2. The molecule has 0 fully saturated rings. The number of rotatable bonds is 5. The molecule has 2 nitrogen and oxygen atoms in total. The van der Waals surface area contributed by atoms with E-state index in [9.17, 15) is 0 Å². The largest absolute Gasteiger partial charge is 0.228 e. The van der Waals surface area contributed by atoms with Gasteiger partial charge in [-0.15, -0.1) is 0 Å². The van der Waals surface area contributed by atoms with E-state index >= 15 is 0 Å². The Hall–Kier alpha value is -6.64. The number of fused-ring (bicyclic) bond motifs is 5. The van der Waals surface area contributed by atoms with Crippen LogP contribution in [0.4, 0.5) is 0 Å². The summed E-state index contributed by atoms with van der Waals surface area (Å²) >= 11 is 0. The monoisotopic (exact) mass is 676 g/mol. The highest BCUT2D eigenvalue weighted by molar-refractivity contribution is 6.07. The van der Waals surface area contributed by atoms with E-state index in [2.05, 4.69) is 190 Å². The molecule has 0 spiro atoms. The molecule has 1 aliphatic carbocycles. The van der Waals surface area contributed by atoms with Crippen LogP contribution in [0, 0.1) is 0 Å². The van der Waals surface area contributed by atoms with Gasteiger partial charge in [-0.1, -0.05) is 190 Å². The van der Waals surface area contributed by atoms with Crippen LogP contribution in [0.25, 0.3) is 88.8 Å². The van der Waals surface area contributed by atoms with Crippen molar-refractivity contribution in [3.05, 3.63) is 193 Å². The lowest BCUT2D eigenvalue weighted by Crippen LogP contribution is -2.16. The number of aromatic nitrogens is 2. The summed E-state index contributed by atoms with van der Waals surface area (Å²) in [6.45, 7) is 4.72. The molecule has 0 unspecified atom stereocenters. The summed E-state index contributed by atoms with van der Waals surface area (Å²) in [5.74, 6) is 0.711. The van der Waals surface area contributed by atoms with Gasteiger partial charge in [0.1, 0.15) is 0 Å². The van der Waals surface area contributed by atoms with E-state index in [1.807, 2.05) is 6.07 Å². The van der Waals surface area contributed by atoms with Crippen LogP contribution in [0.2, 0.25) is 0 Å². The lowest BCUT2D eigenvalue weighted by Gasteiger charge is -2.25. The maximum Gasteiger partial charge on any atom is 0.160 e. The lowest BCUT2D eigenvalue weighted by atomic mass is 9.78. The molecular weight excluding hydrogens is 641 g/mol. The Balaban J connectivity index is 1.18. The first-order chi connectivity index (χ1) is 26.1. The third-order valence-electron chi connectivity index (χ3n) is 11.1. The average molecular weight is 677 g/mol. The highest BCUT2D eigenvalue weighted by Gasteiger charge is 2.37. The molecule has 1 heterocycles. The Morgan fingerprint density at radius 3 is 1.47 bits per heavy atom. The summed E-state index contributed by atoms with van der Waals surface area (Å²) in [7, 11) is 0. The third kappa shape index (κ3) is 5.02. The van der Waals surface area contributed by atoms with Crippen molar-refractivity contribution in [3.8, 4) is 67.3 Å². The molecule has 0 bridgehead atoms. The number of hydrogen-bond donors (Lipinski definition) is 0. The van der Waals surface area contributed by atoms with Gasteiger partial charge in [0.25, 0.3) is 0 Å². The Morgan fingerprint density at radius 1 is 0.340 bits per heavy atom. The predicted molar refractivity (Wildman–Crippen MR) is 222 cm³/mol. The molecule has 0 radical (unpaired) electrons. The maximum absolute atomic E-state index is 5.29. The first-order valence-electron chi connectivity index (χ1n) is 18.3. The number of hydrogen-bond acceptors (Lipinski definition) is 2. The second kappa shape index (κ2) is 12.3. The molecule has 0 saturated carbocycles. The first kappa shape index (κ1) is 31.1. The van der Waals surface area contributed by atoms with E-state index in [-0.39, 0.29) is 5.41 Å². The molecule has 0 aliphatic heterocycles. The Morgan fingerprint density at radius 2 is 0.774 bits per heavy atom. The minimum absolute atomic E-state index is 0.118. The van der Waals surface area contributed by atoms with Gasteiger partial charge in [-0.2, -0.15) is 0 Å². The molecule has 0 amide bonds. The minimum Gasteiger partial charge on any atom is -0.228 e. The quantitative estimate of drug-likeness (QED) is 0.181. The standard InChI is InChI=1S/C51H36N2/c1-51(2)46-29-12-11-22-41(46)45-28-15-27-44(49(45)51)40-30-31-43(38-21-10-9-20-37(38)40)48-32-47(52-50(53-48)34-18-7-4-8-19-34)42-26-14-24-36-35(23-13-25-39(36)42)33-16-5-3-6-17-33/h3-32H,1-2H3. The minimum atomic E-state index is -0.118. The van der Waals surface area contributed by atoms with Crippen LogP contribution in [0.15, 0.2) is 182 Å². The van der Waals surface area contributed by atoms with Crippen LogP contribution in [0.5, 0.6) is 0 Å². The zero-order valence-electron chi connectivity index (χ0n) is 29.7. The molecule has 0 saturated heterocycles. The fourth-order valence-corrected chi connectivity index (χ4v) is 8.67. The van der Waals surface area contributed by atoms with Crippen LogP contribution in [-0.2, 0) is 5.41 Å². The zero-order chi connectivity index (χ0) is 35.5. The van der Waals surface area contributed by atoms with Crippen LogP contribution in [0.3, 0.4) is 0 Å². The van der Waals surface area contributed by atoms with Gasteiger partial charge in [0.2, 0.25) is 0 Å². The van der Waals surface area contributed by atoms with Crippen molar-refractivity contribution in [3.63, 3.8) is 0 Å². The topological polar surface area (TPSA) is 25.8 Å². The zero-order valence-corrected chi connectivity index (χ0v) is 29.7. The van der Waals surface area contributed by atoms with E-state index in [1.165, 1.54) is 66.1 Å². The molecule has 1 aliphatic rings. The molecule has 8 aromatic carbocycles. The summed E-state index contributed by atoms with van der Waals surface area (Å²) < 4.78 is 0. The van der Waals surface area contributed by atoms with Crippen molar-refractivity contribution in [2.24, 2.45) is 0 Å². The second-order valence-electron chi connectivity index (χ2n) is 14.5. The van der Waals surface area contributed by atoms with Gasteiger partial charge in [-0.05, 0) is 72.1 Å². The van der Waals surface area contributed by atoms with Crippen molar-refractivity contribution in [1.29, 1.82) is 0 Å². The highest BCUT2D eigenvalue weighted by atomic mass is 14.9. The highest BCUT2D eigenvalue weighted by Crippen LogP contribution is 2.53. The first-order valence-corrected chi connectivity index (χ1v) is 18.3. The molecule has 10 rings (SSSR count). The van der Waals surface area contributed by atoms with Crippen molar-refractivity contribution in [2.75, 3.05) is 0 Å². The van der Waals surface area contributed by atoms with Crippen LogP contribution < -0.4 is 0 Å². The molecule has 9 aromatic rings. The normalized spacial score (nSPS) is 12.9. The lowest BCUT2D eigenvalue weighted by molar-refractivity contribution is 0.662. The molecule has 53 heavy (non-hydrogen) atoms. The van der Waals surface area contributed by atoms with Crippen molar-refractivity contribution in [1.82, 2.24) is 9.97 Å². The second-order valence-corrected chi connectivity index (χ2v) is 14.5. The van der Waals surface area contributed by atoms with Gasteiger partial charge >= 0.3 is 0 Å². The van der Waals surface area contributed by atoms with E-state index in [0.717, 1.165) is 28.1 Å². The molecule has 0 atom stereocenters. The van der Waals surface area contributed by atoms with Gasteiger partial charge in [0.05, 0.1) is 11.4 Å². The maximum atomic E-state index is 5.29. The number of benzene rings is 8. The number of nitrogens with zero attached hydrogens (tertiary/aromatic N) is 2. The fourth-order valence-electron chi connectivity index (χ4n) is 8.67. The Kier molecular flexibility index (Phi) is 7.19. The predicted octanol–water partition coefficient (Wildman–Crippen LogP) is 13.4. The summed E-state index contributed by atoms with van der Waals surface area (Å²) in [6, 6.07) is 65.3. The summed E-state index contributed by atoms with van der Waals surface area (Å²) in [6.07, 6.45) is 0. The molecule has 250 valence electrons. The van der Waals surface area contributed by atoms with E-state index in [4.69, 9.17) is 9.97 Å². The molecule has 0 N–H and O–H groups in total. The SMILES string of the molecule is CC1(C)c2ccccc2-c2cccc(-c3ccc(-c4cc(-c5cccc6c(-c7ccccc7)cccc56)nc(-c5ccccc5)n4)c4ccccc34)c21. The molecule has 2 heteroatoms. The average Bonchev–Trinajstić information content (AvgIpc) is 3.46. The smallest absolute Gasteiger partial charge is 0.160 e. The van der Waals surface area contributed by atoms with Gasteiger partial charge in [-0.25, -0.2) is 9.97 Å². The van der Waals surface area contributed by atoms with Crippen LogP contribution in [0.1, 0.15) is 25.0 Å². The van der Waals surface area contributed by atoms with Crippen molar-refractivity contribution < 1.29 is 0 Å². The Labute approximate surface area is 310 Å². The van der Waals surface area contributed by atoms with Crippen LogP contribution >= 0.6 is 0 Å². The van der Waals surface area contributed by atoms with Gasteiger partial charge in [0, 0.05) is 22.1 Å².